The molecule has 2 heteroatoms. The maximum atomic E-state index is 11.3. The van der Waals surface area contributed by atoms with Crippen molar-refractivity contribution >= 4 is 5.91 Å². The van der Waals surface area contributed by atoms with E-state index in [1.54, 1.807) is 7.05 Å². The van der Waals surface area contributed by atoms with E-state index in [0.29, 0.717) is 11.3 Å². The van der Waals surface area contributed by atoms with Crippen molar-refractivity contribution < 1.29 is 4.79 Å². The Balaban J connectivity index is 1.95. The molecule has 0 radical (unpaired) electrons. The molecule has 2 aliphatic carbocycles. The molecule has 0 aromatic rings. The summed E-state index contributed by atoms with van der Waals surface area (Å²) in [6.45, 7) is 0. The smallest absolute Gasteiger partial charge is 0.223 e. The molecule has 1 spiro atoms. The van der Waals surface area contributed by atoms with Gasteiger partial charge in [0.2, 0.25) is 5.91 Å². The summed E-state index contributed by atoms with van der Waals surface area (Å²) in [7, 11) is 1.75. The van der Waals surface area contributed by atoms with E-state index < -0.39 is 0 Å². The number of nitrogens with one attached hydrogen (secondary N) is 1. The average Bonchev–Trinajstić information content (AvgIpc) is 2.80. The van der Waals surface area contributed by atoms with Gasteiger partial charge in [0.25, 0.3) is 0 Å². The zero-order valence-corrected chi connectivity index (χ0v) is 7.73. The van der Waals surface area contributed by atoms with Crippen LogP contribution in [0.15, 0.2) is 0 Å². The van der Waals surface area contributed by atoms with Crippen LogP contribution in [-0.2, 0) is 4.79 Å². The summed E-state index contributed by atoms with van der Waals surface area (Å²) in [5, 5.41) is 2.76. The van der Waals surface area contributed by atoms with Crippen LogP contribution in [0.1, 0.15) is 38.5 Å². The molecule has 0 bridgehead atoms. The Labute approximate surface area is 73.7 Å². The number of hydrogen-bond donors (Lipinski definition) is 1. The number of carbonyl (C=O) groups is 1. The predicted molar refractivity (Wildman–Crippen MR) is 47.7 cm³/mol. The lowest BCUT2D eigenvalue weighted by Crippen LogP contribution is -2.24. The van der Waals surface area contributed by atoms with Gasteiger partial charge in [-0.15, -0.1) is 0 Å². The van der Waals surface area contributed by atoms with Gasteiger partial charge in [0.05, 0.1) is 0 Å². The van der Waals surface area contributed by atoms with Crippen molar-refractivity contribution in [1.82, 2.24) is 5.32 Å². The first-order valence-corrected chi connectivity index (χ1v) is 5.00. The summed E-state index contributed by atoms with van der Waals surface area (Å²) >= 11 is 0. The van der Waals surface area contributed by atoms with Gasteiger partial charge in [0, 0.05) is 13.0 Å². The van der Waals surface area contributed by atoms with Crippen LogP contribution in [0.5, 0.6) is 0 Å². The van der Waals surface area contributed by atoms with E-state index in [-0.39, 0.29) is 5.91 Å². The van der Waals surface area contributed by atoms with Gasteiger partial charge in [-0.3, -0.25) is 4.79 Å². The molecule has 2 aliphatic rings. The number of amides is 1. The Morgan fingerprint density at radius 3 is 2.58 bits per heavy atom. The fourth-order valence-electron chi connectivity index (χ4n) is 2.70. The van der Waals surface area contributed by atoms with Crippen LogP contribution in [0.4, 0.5) is 0 Å². The fourth-order valence-corrected chi connectivity index (χ4v) is 2.70. The Kier molecular flexibility index (Phi) is 1.85. The van der Waals surface area contributed by atoms with Crippen molar-refractivity contribution in [3.63, 3.8) is 0 Å². The molecule has 2 saturated carbocycles. The lowest BCUT2D eigenvalue weighted by molar-refractivity contribution is -0.122. The topological polar surface area (TPSA) is 29.1 Å². The zero-order chi connectivity index (χ0) is 8.60. The van der Waals surface area contributed by atoms with Gasteiger partial charge >= 0.3 is 0 Å². The molecule has 0 unspecified atom stereocenters. The molecule has 1 N–H and O–H groups in total. The second-order valence-corrected chi connectivity index (χ2v) is 4.29. The minimum atomic E-state index is 0.275. The largest absolute Gasteiger partial charge is 0.359 e. The first-order valence-electron chi connectivity index (χ1n) is 5.00. The minimum absolute atomic E-state index is 0.275. The molecule has 2 fully saturated rings. The molecule has 0 aromatic heterocycles. The van der Waals surface area contributed by atoms with Gasteiger partial charge in [-0.05, 0) is 24.7 Å². The SMILES string of the molecule is CNC(=O)[C@H]1CC12CCCCC2. The first-order chi connectivity index (χ1) is 5.78. The summed E-state index contributed by atoms with van der Waals surface area (Å²) < 4.78 is 0. The molecule has 0 aliphatic heterocycles. The summed E-state index contributed by atoms with van der Waals surface area (Å²) in [6, 6.07) is 0. The van der Waals surface area contributed by atoms with Crippen LogP contribution in [-0.4, -0.2) is 13.0 Å². The summed E-state index contributed by atoms with van der Waals surface area (Å²) in [6.07, 6.45) is 7.81. The van der Waals surface area contributed by atoms with Gasteiger partial charge < -0.3 is 5.32 Å². The van der Waals surface area contributed by atoms with E-state index >= 15 is 0 Å². The third kappa shape index (κ3) is 1.13. The molecule has 2 rings (SSSR count). The third-order valence-electron chi connectivity index (χ3n) is 3.60. The Morgan fingerprint density at radius 2 is 2.00 bits per heavy atom. The molecular formula is C10H17NO. The van der Waals surface area contributed by atoms with Gasteiger partial charge in [-0.1, -0.05) is 19.3 Å². The van der Waals surface area contributed by atoms with Crippen molar-refractivity contribution in [2.45, 2.75) is 38.5 Å². The van der Waals surface area contributed by atoms with E-state index in [1.807, 2.05) is 0 Å². The summed E-state index contributed by atoms with van der Waals surface area (Å²) in [5.74, 6) is 0.639. The van der Waals surface area contributed by atoms with E-state index in [1.165, 1.54) is 32.1 Å². The maximum absolute atomic E-state index is 11.3. The Bertz CT molecular complexity index is 194. The van der Waals surface area contributed by atoms with E-state index in [0.717, 1.165) is 6.42 Å². The van der Waals surface area contributed by atoms with E-state index in [9.17, 15) is 4.79 Å². The third-order valence-corrected chi connectivity index (χ3v) is 3.60. The highest BCUT2D eigenvalue weighted by atomic mass is 16.2. The quantitative estimate of drug-likeness (QED) is 0.632. The predicted octanol–water partition coefficient (Wildman–Crippen LogP) is 1.70. The summed E-state index contributed by atoms with van der Waals surface area (Å²) in [5.41, 5.74) is 0.457. The highest BCUT2D eigenvalue weighted by Gasteiger charge is 2.57. The van der Waals surface area contributed by atoms with Crippen LogP contribution >= 0.6 is 0 Å². The Morgan fingerprint density at radius 1 is 1.33 bits per heavy atom. The van der Waals surface area contributed by atoms with Crippen LogP contribution in [0.3, 0.4) is 0 Å². The second-order valence-electron chi connectivity index (χ2n) is 4.29. The maximum Gasteiger partial charge on any atom is 0.223 e. The zero-order valence-electron chi connectivity index (χ0n) is 7.73. The van der Waals surface area contributed by atoms with Crippen molar-refractivity contribution in [1.29, 1.82) is 0 Å². The standard InChI is InChI=1S/C10H17NO/c1-11-9(12)8-7-10(8)5-3-2-4-6-10/h8H,2-7H2,1H3,(H,11,12)/t8-/m1/s1. The molecule has 12 heavy (non-hydrogen) atoms. The highest BCUT2D eigenvalue weighted by Crippen LogP contribution is 2.61. The fraction of sp³-hybridized carbons (Fsp3) is 0.900. The normalized spacial score (nSPS) is 31.6. The van der Waals surface area contributed by atoms with Crippen LogP contribution in [0.2, 0.25) is 0 Å². The lowest BCUT2D eigenvalue weighted by Gasteiger charge is -2.21. The molecule has 2 nitrogen and oxygen atoms in total. The molecule has 0 aromatic carbocycles. The van der Waals surface area contributed by atoms with Crippen molar-refractivity contribution in [3.05, 3.63) is 0 Å². The number of carbonyl (C=O) groups excluding carboxylic acids is 1. The molecule has 1 amide bonds. The second kappa shape index (κ2) is 2.75. The minimum Gasteiger partial charge on any atom is -0.359 e. The van der Waals surface area contributed by atoms with Crippen LogP contribution in [0.25, 0.3) is 0 Å². The molecule has 68 valence electrons. The number of hydrogen-bond acceptors (Lipinski definition) is 1. The van der Waals surface area contributed by atoms with Gasteiger partial charge in [0.1, 0.15) is 0 Å². The molecule has 0 saturated heterocycles. The molecule has 0 heterocycles. The highest BCUT2D eigenvalue weighted by molar-refractivity contribution is 5.82. The lowest BCUT2D eigenvalue weighted by atomic mass is 9.84. The first kappa shape index (κ1) is 8.09. The Hall–Kier alpha value is -0.530. The summed E-state index contributed by atoms with van der Waals surface area (Å²) in [4.78, 5) is 11.3. The van der Waals surface area contributed by atoms with Crippen molar-refractivity contribution in [2.24, 2.45) is 11.3 Å². The monoisotopic (exact) mass is 167 g/mol. The van der Waals surface area contributed by atoms with E-state index in [2.05, 4.69) is 5.32 Å². The molecular weight excluding hydrogens is 150 g/mol. The van der Waals surface area contributed by atoms with Crippen molar-refractivity contribution in [3.8, 4) is 0 Å². The van der Waals surface area contributed by atoms with E-state index in [4.69, 9.17) is 0 Å². The van der Waals surface area contributed by atoms with Crippen LogP contribution in [0, 0.1) is 11.3 Å². The number of rotatable bonds is 1. The van der Waals surface area contributed by atoms with Gasteiger partial charge in [-0.2, -0.15) is 0 Å². The van der Waals surface area contributed by atoms with Crippen molar-refractivity contribution in [2.75, 3.05) is 7.05 Å². The van der Waals surface area contributed by atoms with Gasteiger partial charge in [0.15, 0.2) is 0 Å². The van der Waals surface area contributed by atoms with Crippen LogP contribution < -0.4 is 5.32 Å². The molecule has 1 atom stereocenters. The van der Waals surface area contributed by atoms with Gasteiger partial charge in [-0.25, -0.2) is 0 Å². The average molecular weight is 167 g/mol.